The Balaban J connectivity index is 0.00000200. The van der Waals surface area contributed by atoms with Crippen molar-refractivity contribution < 1.29 is 4.39 Å². The van der Waals surface area contributed by atoms with Crippen molar-refractivity contribution in [3.63, 3.8) is 0 Å². The summed E-state index contributed by atoms with van der Waals surface area (Å²) in [6, 6.07) is 0. The maximum Gasteiger partial charge on any atom is 0.215 e. The molecular formula is C13H21ClFN5. The zero-order chi connectivity index (χ0) is 13.8. The SMILES string of the molecule is CCCn1cc(CNCc2c(C)nn(C)c2F)cn1.Cl. The molecule has 0 aliphatic carbocycles. The molecule has 0 bridgehead atoms. The Labute approximate surface area is 124 Å². The molecule has 112 valence electrons. The van der Waals surface area contributed by atoms with E-state index >= 15 is 0 Å². The highest BCUT2D eigenvalue weighted by Crippen LogP contribution is 2.10. The first-order valence-corrected chi connectivity index (χ1v) is 6.51. The Morgan fingerprint density at radius 2 is 2.10 bits per heavy atom. The number of hydrogen-bond donors (Lipinski definition) is 1. The fourth-order valence-corrected chi connectivity index (χ4v) is 2.06. The lowest BCUT2D eigenvalue weighted by atomic mass is 10.2. The van der Waals surface area contributed by atoms with E-state index in [1.165, 1.54) is 4.68 Å². The van der Waals surface area contributed by atoms with Crippen molar-refractivity contribution in [1.82, 2.24) is 24.9 Å². The van der Waals surface area contributed by atoms with E-state index in [9.17, 15) is 4.39 Å². The topological polar surface area (TPSA) is 47.7 Å². The number of nitrogens with zero attached hydrogens (tertiary/aromatic N) is 4. The number of aryl methyl sites for hydroxylation is 3. The zero-order valence-electron chi connectivity index (χ0n) is 12.1. The summed E-state index contributed by atoms with van der Waals surface area (Å²) in [6.07, 6.45) is 4.92. The fourth-order valence-electron chi connectivity index (χ4n) is 2.06. The van der Waals surface area contributed by atoms with Gasteiger partial charge in [0.2, 0.25) is 5.95 Å². The summed E-state index contributed by atoms with van der Waals surface area (Å²) < 4.78 is 16.9. The summed E-state index contributed by atoms with van der Waals surface area (Å²) in [5, 5.41) is 11.5. The van der Waals surface area contributed by atoms with Crippen LogP contribution < -0.4 is 5.32 Å². The Morgan fingerprint density at radius 1 is 1.35 bits per heavy atom. The normalized spacial score (nSPS) is 10.6. The molecule has 2 aromatic heterocycles. The predicted octanol–water partition coefficient (Wildman–Crippen LogP) is 2.19. The van der Waals surface area contributed by atoms with E-state index in [1.807, 2.05) is 24.0 Å². The molecule has 0 aromatic carbocycles. The molecule has 2 heterocycles. The molecule has 0 radical (unpaired) electrons. The second kappa shape index (κ2) is 7.40. The van der Waals surface area contributed by atoms with Crippen LogP contribution in [-0.4, -0.2) is 19.6 Å². The van der Waals surface area contributed by atoms with Crippen LogP contribution in [0.15, 0.2) is 12.4 Å². The molecule has 0 aliphatic rings. The maximum absolute atomic E-state index is 13.7. The lowest BCUT2D eigenvalue weighted by Gasteiger charge is -2.02. The average molecular weight is 302 g/mol. The first-order chi connectivity index (χ1) is 9.11. The molecular weight excluding hydrogens is 281 g/mol. The summed E-state index contributed by atoms with van der Waals surface area (Å²) in [4.78, 5) is 0. The molecule has 1 N–H and O–H groups in total. The van der Waals surface area contributed by atoms with Gasteiger partial charge in [0, 0.05) is 44.0 Å². The van der Waals surface area contributed by atoms with Crippen LogP contribution in [0.2, 0.25) is 0 Å². The molecule has 0 atom stereocenters. The highest BCUT2D eigenvalue weighted by Gasteiger charge is 2.12. The number of rotatable bonds is 6. The van der Waals surface area contributed by atoms with E-state index in [2.05, 4.69) is 22.4 Å². The minimum Gasteiger partial charge on any atom is -0.308 e. The molecule has 2 aromatic rings. The predicted molar refractivity (Wildman–Crippen MR) is 78.2 cm³/mol. The van der Waals surface area contributed by atoms with Gasteiger partial charge in [-0.15, -0.1) is 12.4 Å². The van der Waals surface area contributed by atoms with Crippen molar-refractivity contribution in [2.24, 2.45) is 7.05 Å². The largest absolute Gasteiger partial charge is 0.308 e. The Kier molecular flexibility index (Phi) is 6.16. The number of aromatic nitrogens is 4. The summed E-state index contributed by atoms with van der Waals surface area (Å²) in [6.45, 7) is 6.02. The van der Waals surface area contributed by atoms with Gasteiger partial charge >= 0.3 is 0 Å². The minimum absolute atomic E-state index is 0. The summed E-state index contributed by atoms with van der Waals surface area (Å²) in [5.74, 6) is -0.272. The minimum atomic E-state index is -0.272. The van der Waals surface area contributed by atoms with E-state index < -0.39 is 0 Å². The van der Waals surface area contributed by atoms with Crippen LogP contribution >= 0.6 is 12.4 Å². The second-order valence-electron chi connectivity index (χ2n) is 4.69. The molecule has 0 saturated carbocycles. The van der Waals surface area contributed by atoms with Gasteiger partial charge < -0.3 is 5.32 Å². The van der Waals surface area contributed by atoms with Gasteiger partial charge in [-0.05, 0) is 13.3 Å². The average Bonchev–Trinajstić information content (AvgIpc) is 2.90. The summed E-state index contributed by atoms with van der Waals surface area (Å²) >= 11 is 0. The van der Waals surface area contributed by atoms with Crippen LogP contribution in [-0.2, 0) is 26.7 Å². The van der Waals surface area contributed by atoms with Crippen molar-refractivity contribution in [1.29, 1.82) is 0 Å². The van der Waals surface area contributed by atoms with E-state index in [1.54, 1.807) is 7.05 Å². The van der Waals surface area contributed by atoms with Gasteiger partial charge in [0.15, 0.2) is 0 Å². The molecule has 0 unspecified atom stereocenters. The molecule has 0 spiro atoms. The van der Waals surface area contributed by atoms with E-state index in [4.69, 9.17) is 0 Å². The van der Waals surface area contributed by atoms with E-state index in [0.29, 0.717) is 18.7 Å². The number of hydrogen-bond acceptors (Lipinski definition) is 3. The Bertz CT molecular complexity index is 549. The molecule has 5 nitrogen and oxygen atoms in total. The molecule has 0 aliphatic heterocycles. The van der Waals surface area contributed by atoms with Crippen LogP contribution in [0.5, 0.6) is 0 Å². The molecule has 7 heteroatoms. The van der Waals surface area contributed by atoms with Crippen molar-refractivity contribution in [3.8, 4) is 0 Å². The summed E-state index contributed by atoms with van der Waals surface area (Å²) in [7, 11) is 1.61. The van der Waals surface area contributed by atoms with Gasteiger partial charge in [0.1, 0.15) is 0 Å². The highest BCUT2D eigenvalue weighted by atomic mass is 35.5. The van der Waals surface area contributed by atoms with E-state index in [-0.39, 0.29) is 18.4 Å². The third-order valence-corrected chi connectivity index (χ3v) is 3.04. The highest BCUT2D eigenvalue weighted by molar-refractivity contribution is 5.85. The smallest absolute Gasteiger partial charge is 0.215 e. The van der Waals surface area contributed by atoms with Gasteiger partial charge in [-0.25, -0.2) is 4.68 Å². The van der Waals surface area contributed by atoms with Gasteiger partial charge in [-0.3, -0.25) is 4.68 Å². The molecule has 20 heavy (non-hydrogen) atoms. The molecule has 0 fully saturated rings. The Hall–Kier alpha value is -1.40. The quantitative estimate of drug-likeness (QED) is 0.890. The van der Waals surface area contributed by atoms with Crippen LogP contribution in [0.25, 0.3) is 0 Å². The third-order valence-electron chi connectivity index (χ3n) is 3.04. The maximum atomic E-state index is 13.7. The number of nitrogens with one attached hydrogen (secondary N) is 1. The van der Waals surface area contributed by atoms with E-state index in [0.717, 1.165) is 24.2 Å². The van der Waals surface area contributed by atoms with Crippen molar-refractivity contribution in [2.75, 3.05) is 0 Å². The van der Waals surface area contributed by atoms with Crippen LogP contribution in [0.4, 0.5) is 4.39 Å². The van der Waals surface area contributed by atoms with Gasteiger partial charge in [0.05, 0.1) is 11.9 Å². The first kappa shape index (κ1) is 16.7. The molecule has 2 rings (SSSR count). The third kappa shape index (κ3) is 3.80. The number of halogens is 2. The van der Waals surface area contributed by atoms with Gasteiger partial charge in [-0.1, -0.05) is 6.92 Å². The molecule has 0 saturated heterocycles. The van der Waals surface area contributed by atoms with Crippen molar-refractivity contribution in [3.05, 3.63) is 35.2 Å². The lowest BCUT2D eigenvalue weighted by molar-refractivity contribution is 0.489. The Morgan fingerprint density at radius 3 is 2.70 bits per heavy atom. The zero-order valence-corrected chi connectivity index (χ0v) is 12.9. The first-order valence-electron chi connectivity index (χ1n) is 6.51. The van der Waals surface area contributed by atoms with Crippen LogP contribution in [0.1, 0.15) is 30.2 Å². The van der Waals surface area contributed by atoms with Crippen molar-refractivity contribution >= 4 is 12.4 Å². The fraction of sp³-hybridized carbons (Fsp3) is 0.538. The standard InChI is InChI=1S/C13H20FN5.ClH/c1-4-5-19-9-11(7-16-19)6-15-8-12-10(2)17-18(3)13(12)14;/h7,9,15H,4-6,8H2,1-3H3;1H. The second-order valence-corrected chi connectivity index (χ2v) is 4.69. The summed E-state index contributed by atoms with van der Waals surface area (Å²) in [5.41, 5.74) is 2.47. The molecule has 0 amide bonds. The monoisotopic (exact) mass is 301 g/mol. The van der Waals surface area contributed by atoms with Gasteiger partial charge in [-0.2, -0.15) is 14.6 Å². The van der Waals surface area contributed by atoms with Crippen molar-refractivity contribution in [2.45, 2.75) is 39.9 Å². The van der Waals surface area contributed by atoms with Crippen LogP contribution in [0, 0.1) is 12.9 Å². The van der Waals surface area contributed by atoms with Crippen LogP contribution in [0.3, 0.4) is 0 Å². The van der Waals surface area contributed by atoms with Gasteiger partial charge in [0.25, 0.3) is 0 Å². The lowest BCUT2D eigenvalue weighted by Crippen LogP contribution is -2.13.